The third kappa shape index (κ3) is 6.05. The lowest BCUT2D eigenvalue weighted by atomic mass is 9.86. The van der Waals surface area contributed by atoms with Gasteiger partial charge < -0.3 is 10.6 Å². The van der Waals surface area contributed by atoms with Crippen LogP contribution in [-0.2, 0) is 4.79 Å². The second-order valence-electron chi connectivity index (χ2n) is 7.38. The van der Waals surface area contributed by atoms with Gasteiger partial charge in [-0.05, 0) is 36.6 Å². The Hall–Kier alpha value is -3.40. The first-order valence-corrected chi connectivity index (χ1v) is 10.4. The molecule has 3 rings (SSSR count). The van der Waals surface area contributed by atoms with Crippen LogP contribution in [0.15, 0.2) is 91.0 Å². The number of nitrogens with one attached hydrogen (secondary N) is 2. The molecule has 30 heavy (non-hydrogen) atoms. The van der Waals surface area contributed by atoms with Crippen LogP contribution >= 0.6 is 0 Å². The minimum Gasteiger partial charge on any atom is -0.353 e. The smallest absolute Gasteiger partial charge is 0.251 e. The highest BCUT2D eigenvalue weighted by Crippen LogP contribution is 2.28. The molecule has 0 aliphatic heterocycles. The Morgan fingerprint density at radius 2 is 1.27 bits per heavy atom. The second-order valence-corrected chi connectivity index (χ2v) is 7.38. The first kappa shape index (κ1) is 21.3. The number of hydrogen-bond donors (Lipinski definition) is 2. The number of benzene rings is 3. The fourth-order valence-electron chi connectivity index (χ4n) is 3.64. The molecule has 1 atom stereocenters. The summed E-state index contributed by atoms with van der Waals surface area (Å²) in [7, 11) is 0. The van der Waals surface area contributed by atoms with Gasteiger partial charge in [0.2, 0.25) is 5.91 Å². The van der Waals surface area contributed by atoms with E-state index in [-0.39, 0.29) is 23.8 Å². The maximum absolute atomic E-state index is 12.5. The summed E-state index contributed by atoms with van der Waals surface area (Å²) in [4.78, 5) is 24.6. The zero-order valence-electron chi connectivity index (χ0n) is 17.3. The van der Waals surface area contributed by atoms with Gasteiger partial charge in [-0.2, -0.15) is 0 Å². The summed E-state index contributed by atoms with van der Waals surface area (Å²) in [6.07, 6.45) is 0.966. The van der Waals surface area contributed by atoms with Gasteiger partial charge in [0.25, 0.3) is 5.91 Å². The van der Waals surface area contributed by atoms with Gasteiger partial charge in [0, 0.05) is 30.5 Å². The first-order chi connectivity index (χ1) is 14.6. The molecule has 0 fully saturated rings. The zero-order chi connectivity index (χ0) is 21.2. The number of carbonyl (C=O) groups excluding carboxylic acids is 2. The summed E-state index contributed by atoms with van der Waals surface area (Å²) >= 11 is 0. The van der Waals surface area contributed by atoms with Crippen molar-refractivity contribution in [3.05, 3.63) is 108 Å². The molecule has 2 amide bonds. The highest BCUT2D eigenvalue weighted by atomic mass is 16.2. The molecule has 0 radical (unpaired) electrons. The molecule has 0 aromatic heterocycles. The predicted molar refractivity (Wildman–Crippen MR) is 120 cm³/mol. The monoisotopic (exact) mass is 400 g/mol. The van der Waals surface area contributed by atoms with Crippen LogP contribution in [0, 0.1) is 0 Å². The van der Waals surface area contributed by atoms with Crippen molar-refractivity contribution in [3.8, 4) is 0 Å². The van der Waals surface area contributed by atoms with Crippen molar-refractivity contribution >= 4 is 11.8 Å². The van der Waals surface area contributed by atoms with Gasteiger partial charge in [0.1, 0.15) is 0 Å². The normalized spacial score (nSPS) is 11.7. The van der Waals surface area contributed by atoms with E-state index >= 15 is 0 Å². The Morgan fingerprint density at radius 1 is 0.767 bits per heavy atom. The van der Waals surface area contributed by atoms with Gasteiger partial charge in [0.15, 0.2) is 0 Å². The molecule has 0 saturated heterocycles. The predicted octanol–water partition coefficient (Wildman–Crippen LogP) is 4.53. The Morgan fingerprint density at radius 3 is 1.80 bits per heavy atom. The average Bonchev–Trinajstić information content (AvgIpc) is 2.79. The van der Waals surface area contributed by atoms with Crippen LogP contribution in [-0.4, -0.2) is 24.4 Å². The summed E-state index contributed by atoms with van der Waals surface area (Å²) in [6, 6.07) is 29.5. The molecule has 0 heterocycles. The van der Waals surface area contributed by atoms with Gasteiger partial charge in [-0.1, -0.05) is 78.9 Å². The summed E-state index contributed by atoms with van der Waals surface area (Å²) in [5.74, 6) is -0.0416. The average molecular weight is 401 g/mol. The molecule has 0 bridgehead atoms. The third-order valence-corrected chi connectivity index (χ3v) is 5.11. The Balaban J connectivity index is 1.52. The van der Waals surface area contributed by atoms with Crippen LogP contribution in [0.4, 0.5) is 0 Å². The van der Waals surface area contributed by atoms with Crippen molar-refractivity contribution in [3.63, 3.8) is 0 Å². The third-order valence-electron chi connectivity index (χ3n) is 5.11. The Bertz CT molecular complexity index is 888. The van der Waals surface area contributed by atoms with Crippen molar-refractivity contribution in [1.82, 2.24) is 10.6 Å². The molecule has 0 saturated carbocycles. The quantitative estimate of drug-likeness (QED) is 0.518. The van der Waals surface area contributed by atoms with Gasteiger partial charge in [-0.15, -0.1) is 0 Å². The standard InChI is InChI=1S/C26H28N2O2/c1-20(25(21-12-5-2-6-13-21)22-14-7-3-8-15-22)28-24(29)18-11-19-27-26(30)23-16-9-4-10-17-23/h2-10,12-17,20,25H,11,18-19H2,1H3,(H,27,30)(H,28,29)/t20-/m0/s1. The van der Waals surface area contributed by atoms with Crippen LogP contribution in [0.5, 0.6) is 0 Å². The maximum Gasteiger partial charge on any atom is 0.251 e. The number of carbonyl (C=O) groups is 2. The highest BCUT2D eigenvalue weighted by Gasteiger charge is 2.22. The van der Waals surface area contributed by atoms with Crippen molar-refractivity contribution < 1.29 is 9.59 Å². The summed E-state index contributed by atoms with van der Waals surface area (Å²) < 4.78 is 0. The van der Waals surface area contributed by atoms with E-state index in [1.165, 1.54) is 11.1 Å². The van der Waals surface area contributed by atoms with E-state index in [0.29, 0.717) is 24.9 Å². The van der Waals surface area contributed by atoms with Crippen LogP contribution in [0.25, 0.3) is 0 Å². The molecular weight excluding hydrogens is 372 g/mol. The molecule has 0 aliphatic carbocycles. The van der Waals surface area contributed by atoms with Crippen molar-refractivity contribution in [2.75, 3.05) is 6.54 Å². The molecule has 3 aromatic rings. The van der Waals surface area contributed by atoms with Crippen LogP contribution in [0.1, 0.15) is 47.2 Å². The first-order valence-electron chi connectivity index (χ1n) is 10.4. The molecule has 2 N–H and O–H groups in total. The fraction of sp³-hybridized carbons (Fsp3) is 0.231. The lowest BCUT2D eigenvalue weighted by Gasteiger charge is -2.26. The molecule has 0 unspecified atom stereocenters. The Kier molecular flexibility index (Phi) is 7.78. The summed E-state index contributed by atoms with van der Waals surface area (Å²) in [5.41, 5.74) is 2.97. The molecule has 0 spiro atoms. The minimum absolute atomic E-state index is 0.00618. The van der Waals surface area contributed by atoms with Crippen LogP contribution in [0.3, 0.4) is 0 Å². The van der Waals surface area contributed by atoms with Gasteiger partial charge in [0.05, 0.1) is 0 Å². The zero-order valence-corrected chi connectivity index (χ0v) is 17.3. The lowest BCUT2D eigenvalue weighted by Crippen LogP contribution is -2.37. The van der Waals surface area contributed by atoms with E-state index in [9.17, 15) is 9.59 Å². The topological polar surface area (TPSA) is 58.2 Å². The number of amides is 2. The summed E-state index contributed by atoms with van der Waals surface area (Å²) in [5, 5.41) is 6.01. The van der Waals surface area contributed by atoms with Crippen LogP contribution < -0.4 is 10.6 Å². The number of rotatable bonds is 9. The SMILES string of the molecule is C[C@H](NC(=O)CCCNC(=O)c1ccccc1)C(c1ccccc1)c1ccccc1. The van der Waals surface area contributed by atoms with Crippen LogP contribution in [0.2, 0.25) is 0 Å². The number of hydrogen-bond acceptors (Lipinski definition) is 2. The summed E-state index contributed by atoms with van der Waals surface area (Å²) in [6.45, 7) is 2.51. The van der Waals surface area contributed by atoms with E-state index in [4.69, 9.17) is 0 Å². The van der Waals surface area contributed by atoms with E-state index < -0.39 is 0 Å². The minimum atomic E-state index is -0.113. The van der Waals surface area contributed by atoms with Gasteiger partial charge in [-0.25, -0.2) is 0 Å². The molecule has 4 nitrogen and oxygen atoms in total. The van der Waals surface area contributed by atoms with Crippen molar-refractivity contribution in [2.24, 2.45) is 0 Å². The molecule has 3 aromatic carbocycles. The highest BCUT2D eigenvalue weighted by molar-refractivity contribution is 5.94. The van der Waals surface area contributed by atoms with E-state index in [1.807, 2.05) is 61.5 Å². The fourth-order valence-corrected chi connectivity index (χ4v) is 3.64. The van der Waals surface area contributed by atoms with Crippen molar-refractivity contribution in [2.45, 2.75) is 31.7 Å². The maximum atomic E-state index is 12.5. The molecule has 4 heteroatoms. The molecule has 154 valence electrons. The van der Waals surface area contributed by atoms with E-state index in [1.54, 1.807) is 12.1 Å². The van der Waals surface area contributed by atoms with Gasteiger partial charge in [-0.3, -0.25) is 9.59 Å². The lowest BCUT2D eigenvalue weighted by molar-refractivity contribution is -0.121. The molecule has 0 aliphatic rings. The van der Waals surface area contributed by atoms with Crippen molar-refractivity contribution in [1.29, 1.82) is 0 Å². The largest absolute Gasteiger partial charge is 0.353 e. The van der Waals surface area contributed by atoms with E-state index in [2.05, 4.69) is 34.9 Å². The molecular formula is C26H28N2O2. The van der Waals surface area contributed by atoms with E-state index in [0.717, 1.165) is 0 Å². The second kappa shape index (κ2) is 11.0. The Labute approximate surface area is 178 Å². The van der Waals surface area contributed by atoms with Gasteiger partial charge >= 0.3 is 0 Å².